The highest BCUT2D eigenvalue weighted by atomic mass is 35.5. The van der Waals surface area contributed by atoms with Gasteiger partial charge in [-0.15, -0.1) is 12.4 Å². The average molecular weight is 358 g/mol. The molecule has 0 spiro atoms. The SMILES string of the molecule is Cl.NC1=N[C@@H](CC(O)Cc2nc(C(=O)O)co2)[C@@H](C(F)(F)F)C1. The predicted molar refractivity (Wildman–Crippen MR) is 74.6 cm³/mol. The number of aliphatic hydroxyl groups is 1. The summed E-state index contributed by atoms with van der Waals surface area (Å²) in [6.45, 7) is 0. The van der Waals surface area contributed by atoms with Crippen molar-refractivity contribution < 1.29 is 32.6 Å². The zero-order valence-corrected chi connectivity index (χ0v) is 12.5. The third-order valence-electron chi connectivity index (χ3n) is 3.34. The van der Waals surface area contributed by atoms with Crippen LogP contribution in [0.5, 0.6) is 0 Å². The molecule has 3 atom stereocenters. The number of aromatic carboxylic acids is 1. The van der Waals surface area contributed by atoms with E-state index in [9.17, 15) is 23.1 Å². The first kappa shape index (κ1) is 19.2. The molecule has 11 heteroatoms. The zero-order valence-electron chi connectivity index (χ0n) is 11.7. The molecule has 0 saturated heterocycles. The molecule has 0 saturated carbocycles. The lowest BCUT2D eigenvalue weighted by Crippen LogP contribution is -2.33. The standard InChI is InChI=1S/C12H14F3N3O4.ClH/c13-12(14,15)6-3-9(16)17-7(6)1-5(19)2-10-18-8(4-22-10)11(20)21;/h4-7,19H,1-3H2,(H2,16,17)(H,20,21);1H/t5?,6-,7-;/m0./s1. The van der Waals surface area contributed by atoms with E-state index in [1.54, 1.807) is 0 Å². The average Bonchev–Trinajstić information content (AvgIpc) is 2.95. The molecule has 4 N–H and O–H groups in total. The maximum absolute atomic E-state index is 12.8. The molecule has 0 aromatic carbocycles. The third kappa shape index (κ3) is 4.83. The Labute approximate surface area is 134 Å². The smallest absolute Gasteiger partial charge is 0.394 e. The molecule has 1 aromatic rings. The van der Waals surface area contributed by atoms with Crippen LogP contribution in [0.25, 0.3) is 0 Å². The van der Waals surface area contributed by atoms with Crippen molar-refractivity contribution in [3.63, 3.8) is 0 Å². The summed E-state index contributed by atoms with van der Waals surface area (Å²) in [6.07, 6.45) is -5.62. The van der Waals surface area contributed by atoms with Gasteiger partial charge in [-0.2, -0.15) is 13.2 Å². The number of alkyl halides is 3. The largest absolute Gasteiger partial charge is 0.476 e. The van der Waals surface area contributed by atoms with Gasteiger partial charge < -0.3 is 20.4 Å². The number of aromatic nitrogens is 1. The van der Waals surface area contributed by atoms with E-state index >= 15 is 0 Å². The molecule has 0 fully saturated rings. The Bertz CT molecular complexity index is 590. The second kappa shape index (κ2) is 7.18. The van der Waals surface area contributed by atoms with Crippen molar-refractivity contribution >= 4 is 24.2 Å². The van der Waals surface area contributed by atoms with Gasteiger partial charge in [-0.05, 0) is 6.42 Å². The Hall–Kier alpha value is -1.81. The normalized spacial score (nSPS) is 22.3. The lowest BCUT2D eigenvalue weighted by Gasteiger charge is -2.22. The van der Waals surface area contributed by atoms with E-state index in [1.165, 1.54) is 0 Å². The number of rotatable bonds is 5. The lowest BCUT2D eigenvalue weighted by atomic mass is 9.93. The lowest BCUT2D eigenvalue weighted by molar-refractivity contribution is -0.177. The number of amidine groups is 1. The summed E-state index contributed by atoms with van der Waals surface area (Å²) in [7, 11) is 0. The van der Waals surface area contributed by atoms with E-state index in [0.29, 0.717) is 0 Å². The van der Waals surface area contributed by atoms with Crippen LogP contribution < -0.4 is 5.73 Å². The molecule has 0 bridgehead atoms. The Morgan fingerprint density at radius 1 is 1.52 bits per heavy atom. The molecule has 1 aliphatic rings. The van der Waals surface area contributed by atoms with Gasteiger partial charge >= 0.3 is 12.1 Å². The van der Waals surface area contributed by atoms with Crippen molar-refractivity contribution in [3.8, 4) is 0 Å². The molecular formula is C12H15ClF3N3O4. The van der Waals surface area contributed by atoms with E-state index in [4.69, 9.17) is 15.3 Å². The van der Waals surface area contributed by atoms with Gasteiger partial charge in [-0.25, -0.2) is 9.78 Å². The molecule has 2 heterocycles. The second-order valence-electron chi connectivity index (χ2n) is 5.07. The summed E-state index contributed by atoms with van der Waals surface area (Å²) in [4.78, 5) is 17.9. The van der Waals surface area contributed by atoms with Crippen LogP contribution in [0.4, 0.5) is 13.2 Å². The van der Waals surface area contributed by atoms with E-state index in [2.05, 4.69) is 9.98 Å². The van der Waals surface area contributed by atoms with Gasteiger partial charge in [0, 0.05) is 6.42 Å². The Balaban J connectivity index is 0.00000264. The molecule has 0 aliphatic carbocycles. The number of aliphatic hydroxyl groups excluding tert-OH is 1. The fraction of sp³-hybridized carbons (Fsp3) is 0.583. The van der Waals surface area contributed by atoms with Crippen molar-refractivity contribution in [2.75, 3.05) is 0 Å². The predicted octanol–water partition coefficient (Wildman–Crippen LogP) is 1.40. The van der Waals surface area contributed by atoms with Crippen LogP contribution in [0, 0.1) is 5.92 Å². The summed E-state index contributed by atoms with van der Waals surface area (Å²) >= 11 is 0. The Morgan fingerprint density at radius 2 is 2.17 bits per heavy atom. The van der Waals surface area contributed by atoms with E-state index in [1.807, 2.05) is 0 Å². The number of hydrogen-bond acceptors (Lipinski definition) is 6. The van der Waals surface area contributed by atoms with Gasteiger partial charge in [0.05, 0.1) is 30.3 Å². The van der Waals surface area contributed by atoms with Gasteiger partial charge in [0.15, 0.2) is 11.6 Å². The van der Waals surface area contributed by atoms with Crippen molar-refractivity contribution in [1.29, 1.82) is 0 Å². The van der Waals surface area contributed by atoms with Crippen LogP contribution in [0.15, 0.2) is 15.7 Å². The van der Waals surface area contributed by atoms with Crippen LogP contribution in [-0.4, -0.2) is 45.3 Å². The quantitative estimate of drug-likeness (QED) is 0.732. The molecular weight excluding hydrogens is 343 g/mol. The number of halogens is 4. The van der Waals surface area contributed by atoms with Gasteiger partial charge in [0.25, 0.3) is 0 Å². The first-order valence-electron chi connectivity index (χ1n) is 6.41. The van der Waals surface area contributed by atoms with Crippen LogP contribution >= 0.6 is 12.4 Å². The van der Waals surface area contributed by atoms with E-state index < -0.39 is 30.2 Å². The Kier molecular flexibility index (Phi) is 6.00. The first-order chi connectivity index (χ1) is 10.2. The minimum atomic E-state index is -4.45. The summed E-state index contributed by atoms with van der Waals surface area (Å²) in [5.41, 5.74) is 5.01. The van der Waals surface area contributed by atoms with Crippen molar-refractivity contribution in [3.05, 3.63) is 17.8 Å². The number of nitrogens with two attached hydrogens (primary N) is 1. The maximum Gasteiger partial charge on any atom is 0.394 e. The van der Waals surface area contributed by atoms with Gasteiger partial charge in [0.2, 0.25) is 0 Å². The number of hydrogen-bond donors (Lipinski definition) is 3. The molecule has 1 unspecified atom stereocenters. The van der Waals surface area contributed by atoms with Crippen molar-refractivity contribution in [1.82, 2.24) is 4.98 Å². The fourth-order valence-electron chi connectivity index (χ4n) is 2.33. The monoisotopic (exact) mass is 357 g/mol. The van der Waals surface area contributed by atoms with E-state index in [-0.39, 0.29) is 49.1 Å². The van der Waals surface area contributed by atoms with Crippen molar-refractivity contribution in [2.24, 2.45) is 16.6 Å². The molecule has 130 valence electrons. The number of nitrogens with zero attached hydrogens (tertiary/aromatic N) is 2. The molecule has 2 rings (SSSR count). The van der Waals surface area contributed by atoms with Crippen LogP contribution in [0.3, 0.4) is 0 Å². The Morgan fingerprint density at radius 3 is 2.70 bits per heavy atom. The number of oxazole rings is 1. The molecule has 23 heavy (non-hydrogen) atoms. The summed E-state index contributed by atoms with van der Waals surface area (Å²) in [5, 5.41) is 18.5. The number of carboxylic acids is 1. The molecule has 1 aliphatic heterocycles. The van der Waals surface area contributed by atoms with Crippen LogP contribution in [-0.2, 0) is 6.42 Å². The minimum Gasteiger partial charge on any atom is -0.476 e. The number of carbonyl (C=O) groups is 1. The van der Waals surface area contributed by atoms with Crippen molar-refractivity contribution in [2.45, 2.75) is 37.6 Å². The zero-order chi connectivity index (χ0) is 16.5. The fourth-order valence-corrected chi connectivity index (χ4v) is 2.33. The molecule has 7 nitrogen and oxygen atoms in total. The van der Waals surface area contributed by atoms with Gasteiger partial charge in [0.1, 0.15) is 6.26 Å². The minimum absolute atomic E-state index is 0. The maximum atomic E-state index is 12.8. The second-order valence-corrected chi connectivity index (χ2v) is 5.07. The molecule has 0 amide bonds. The topological polar surface area (TPSA) is 122 Å². The van der Waals surface area contributed by atoms with Crippen LogP contribution in [0.1, 0.15) is 29.2 Å². The van der Waals surface area contributed by atoms with Crippen LogP contribution in [0.2, 0.25) is 0 Å². The van der Waals surface area contributed by atoms with E-state index in [0.717, 1.165) is 6.26 Å². The number of carboxylic acid groups (broad SMARTS) is 1. The highest BCUT2D eigenvalue weighted by Gasteiger charge is 2.48. The van der Waals surface area contributed by atoms with Gasteiger partial charge in [-0.1, -0.05) is 0 Å². The summed E-state index contributed by atoms with van der Waals surface area (Å²) in [5.74, 6) is -3.18. The van der Waals surface area contributed by atoms with Gasteiger partial charge in [-0.3, -0.25) is 4.99 Å². The number of aliphatic imine (C=N–C) groups is 1. The highest BCUT2D eigenvalue weighted by Crippen LogP contribution is 2.38. The summed E-state index contributed by atoms with van der Waals surface area (Å²) in [6, 6.07) is -1.16. The third-order valence-corrected chi connectivity index (χ3v) is 3.34. The first-order valence-corrected chi connectivity index (χ1v) is 6.41. The summed E-state index contributed by atoms with van der Waals surface area (Å²) < 4.78 is 43.4. The molecule has 1 aromatic heterocycles. The molecule has 0 radical (unpaired) electrons. The highest BCUT2D eigenvalue weighted by molar-refractivity contribution is 5.85.